The van der Waals surface area contributed by atoms with E-state index in [0.717, 1.165) is 44.3 Å². The van der Waals surface area contributed by atoms with Crippen LogP contribution in [-0.2, 0) is 19.6 Å². The Morgan fingerprint density at radius 1 is 1.10 bits per heavy atom. The van der Waals surface area contributed by atoms with Crippen LogP contribution in [0.5, 0.6) is 5.75 Å². The van der Waals surface area contributed by atoms with Crippen molar-refractivity contribution in [1.82, 2.24) is 4.72 Å². The van der Waals surface area contributed by atoms with E-state index in [1.54, 1.807) is 0 Å². The third-order valence-corrected chi connectivity index (χ3v) is 6.78. The molecule has 0 radical (unpaired) electrons. The first-order valence-corrected chi connectivity index (χ1v) is 13.3. The maximum absolute atomic E-state index is 11.5. The monoisotopic (exact) mass is 449 g/mol. The molecule has 0 aliphatic carbocycles. The summed E-state index contributed by atoms with van der Waals surface area (Å²) >= 11 is 0. The fourth-order valence-electron chi connectivity index (χ4n) is 4.80. The zero-order valence-electron chi connectivity index (χ0n) is 18.4. The largest absolute Gasteiger partial charge is 0.494 e. The maximum atomic E-state index is 11.5. The van der Waals surface area contributed by atoms with Crippen molar-refractivity contribution < 1.29 is 22.7 Å². The summed E-state index contributed by atoms with van der Waals surface area (Å²) in [6, 6.07) is 9.95. The lowest BCUT2D eigenvalue weighted by Crippen LogP contribution is -2.28. The SMILES string of the molecule is CS(=O)(=O)NC(=O)CCC/C=C\C[C@H]1[C@@H](CCCCOc2ccccc2)[C@H]2CC[C@@H]1O2. The molecule has 3 rings (SSSR count). The molecule has 6 nitrogen and oxygen atoms in total. The molecule has 0 saturated carbocycles. The third-order valence-electron chi connectivity index (χ3n) is 6.18. The van der Waals surface area contributed by atoms with Gasteiger partial charge in [-0.3, -0.25) is 9.52 Å². The summed E-state index contributed by atoms with van der Waals surface area (Å²) in [4.78, 5) is 11.5. The molecule has 4 atom stereocenters. The van der Waals surface area contributed by atoms with Crippen LogP contribution in [0, 0.1) is 11.8 Å². The molecule has 0 aromatic heterocycles. The van der Waals surface area contributed by atoms with Gasteiger partial charge in [-0.05, 0) is 75.3 Å². The molecule has 1 aromatic rings. The van der Waals surface area contributed by atoms with Gasteiger partial charge in [0.05, 0.1) is 25.1 Å². The minimum absolute atomic E-state index is 0.225. The van der Waals surface area contributed by atoms with Gasteiger partial charge < -0.3 is 9.47 Å². The molecular formula is C24H35NO5S. The summed E-state index contributed by atoms with van der Waals surface area (Å²) in [5, 5.41) is 0. The van der Waals surface area contributed by atoms with E-state index in [1.165, 1.54) is 19.3 Å². The smallest absolute Gasteiger partial charge is 0.233 e. The maximum Gasteiger partial charge on any atom is 0.233 e. The Morgan fingerprint density at radius 2 is 1.84 bits per heavy atom. The molecule has 1 N–H and O–H groups in total. The molecule has 2 saturated heterocycles. The molecule has 172 valence electrons. The lowest BCUT2D eigenvalue weighted by Gasteiger charge is -2.27. The second kappa shape index (κ2) is 11.7. The number of allylic oxidation sites excluding steroid dienone is 2. The highest BCUT2D eigenvalue weighted by Gasteiger charge is 2.47. The van der Waals surface area contributed by atoms with E-state index in [4.69, 9.17) is 9.47 Å². The van der Waals surface area contributed by atoms with E-state index < -0.39 is 15.9 Å². The molecule has 2 fully saturated rings. The summed E-state index contributed by atoms with van der Waals surface area (Å²) in [7, 11) is -3.46. The highest BCUT2D eigenvalue weighted by Crippen LogP contribution is 2.47. The number of para-hydroxylation sites is 1. The van der Waals surface area contributed by atoms with Crippen molar-refractivity contribution in [2.75, 3.05) is 12.9 Å². The zero-order chi connectivity index (χ0) is 22.1. The lowest BCUT2D eigenvalue weighted by molar-refractivity contribution is -0.119. The fraction of sp³-hybridized carbons (Fsp3) is 0.625. The number of sulfonamides is 1. The number of hydrogen-bond acceptors (Lipinski definition) is 5. The zero-order valence-corrected chi connectivity index (χ0v) is 19.2. The number of hydrogen-bond donors (Lipinski definition) is 1. The molecule has 1 amide bonds. The molecule has 7 heteroatoms. The second-order valence-electron chi connectivity index (χ2n) is 8.67. The number of fused-ring (bicyclic) bond motifs is 2. The van der Waals surface area contributed by atoms with Crippen LogP contribution >= 0.6 is 0 Å². The number of unbranched alkanes of at least 4 members (excludes halogenated alkanes) is 2. The first-order valence-electron chi connectivity index (χ1n) is 11.4. The number of carbonyl (C=O) groups is 1. The van der Waals surface area contributed by atoms with Crippen LogP contribution in [0.2, 0.25) is 0 Å². The Labute approximate surface area is 186 Å². The van der Waals surface area contributed by atoms with E-state index in [2.05, 4.69) is 12.2 Å². The van der Waals surface area contributed by atoms with Gasteiger partial charge in [0, 0.05) is 6.42 Å². The quantitative estimate of drug-likeness (QED) is 0.360. The molecule has 2 aliphatic heterocycles. The predicted octanol–water partition coefficient (Wildman–Crippen LogP) is 4.22. The van der Waals surface area contributed by atoms with Gasteiger partial charge in [0.1, 0.15) is 5.75 Å². The molecule has 2 aliphatic rings. The average molecular weight is 450 g/mol. The molecule has 0 unspecified atom stereocenters. The van der Waals surface area contributed by atoms with E-state index in [9.17, 15) is 13.2 Å². The van der Waals surface area contributed by atoms with Crippen molar-refractivity contribution in [2.45, 2.75) is 70.0 Å². The van der Waals surface area contributed by atoms with E-state index in [-0.39, 0.29) is 6.42 Å². The topological polar surface area (TPSA) is 81.7 Å². The molecule has 31 heavy (non-hydrogen) atoms. The number of carbonyl (C=O) groups excluding carboxylic acids is 1. The number of nitrogens with one attached hydrogen (secondary N) is 1. The van der Waals surface area contributed by atoms with Gasteiger partial charge in [0.25, 0.3) is 0 Å². The standard InChI is InChI=1S/C24H35NO5S/c1-31(27,28)25-24(26)15-8-3-2-7-13-20-21(23-17-16-22(20)30-23)14-9-10-18-29-19-11-5-4-6-12-19/h2,4-7,11-12,20-23H,3,8-10,13-18H2,1H3,(H,25,26)/b7-2-/t20-,21+,22-,23+/m0/s1. The van der Waals surface area contributed by atoms with Crippen LogP contribution in [0.3, 0.4) is 0 Å². The van der Waals surface area contributed by atoms with Gasteiger partial charge in [-0.2, -0.15) is 0 Å². The van der Waals surface area contributed by atoms with Crippen molar-refractivity contribution >= 4 is 15.9 Å². The first-order chi connectivity index (χ1) is 14.9. The summed E-state index contributed by atoms with van der Waals surface area (Å²) in [5.74, 6) is 1.70. The summed E-state index contributed by atoms with van der Waals surface area (Å²) in [5.41, 5.74) is 0. The van der Waals surface area contributed by atoms with Gasteiger partial charge in [0.15, 0.2) is 0 Å². The van der Waals surface area contributed by atoms with Gasteiger partial charge in [-0.25, -0.2) is 8.42 Å². The highest BCUT2D eigenvalue weighted by atomic mass is 32.2. The van der Waals surface area contributed by atoms with Crippen molar-refractivity contribution in [3.63, 3.8) is 0 Å². The second-order valence-corrected chi connectivity index (χ2v) is 10.4. The Balaban J connectivity index is 1.33. The van der Waals surface area contributed by atoms with Crippen molar-refractivity contribution in [2.24, 2.45) is 11.8 Å². The fourth-order valence-corrected chi connectivity index (χ4v) is 5.31. The lowest BCUT2D eigenvalue weighted by atomic mass is 9.75. The molecule has 0 spiro atoms. The predicted molar refractivity (Wildman–Crippen MR) is 121 cm³/mol. The van der Waals surface area contributed by atoms with E-state index >= 15 is 0 Å². The van der Waals surface area contributed by atoms with Crippen molar-refractivity contribution in [3.8, 4) is 5.75 Å². The molecule has 2 bridgehead atoms. The third kappa shape index (κ3) is 7.96. The minimum atomic E-state index is -3.46. The van der Waals surface area contributed by atoms with Crippen molar-refractivity contribution in [3.05, 3.63) is 42.5 Å². The molecule has 2 heterocycles. The van der Waals surface area contributed by atoms with E-state index in [1.807, 2.05) is 35.1 Å². The van der Waals surface area contributed by atoms with Gasteiger partial charge in [0.2, 0.25) is 15.9 Å². The average Bonchev–Trinajstić information content (AvgIpc) is 3.32. The van der Waals surface area contributed by atoms with E-state index in [0.29, 0.717) is 30.5 Å². The number of ether oxygens (including phenoxy) is 2. The van der Waals surface area contributed by atoms with Crippen LogP contribution in [-0.4, -0.2) is 39.4 Å². The van der Waals surface area contributed by atoms with Gasteiger partial charge in [-0.15, -0.1) is 0 Å². The minimum Gasteiger partial charge on any atom is -0.494 e. The number of amides is 1. The summed E-state index contributed by atoms with van der Waals surface area (Å²) < 4.78 is 36.1. The van der Waals surface area contributed by atoms with Gasteiger partial charge in [-0.1, -0.05) is 30.4 Å². The Bertz CT molecular complexity index is 824. The molecular weight excluding hydrogens is 414 g/mol. The van der Waals surface area contributed by atoms with Crippen LogP contribution in [0.15, 0.2) is 42.5 Å². The van der Waals surface area contributed by atoms with Crippen LogP contribution in [0.1, 0.15) is 57.8 Å². The van der Waals surface area contributed by atoms with Crippen molar-refractivity contribution in [1.29, 1.82) is 0 Å². The Hall–Kier alpha value is -1.86. The Morgan fingerprint density at radius 3 is 2.58 bits per heavy atom. The summed E-state index contributed by atoms with van der Waals surface area (Å²) in [6.45, 7) is 0.753. The van der Waals surface area contributed by atoms with Crippen LogP contribution in [0.4, 0.5) is 0 Å². The summed E-state index contributed by atoms with van der Waals surface area (Å²) in [6.07, 6.45) is 14.5. The highest BCUT2D eigenvalue weighted by molar-refractivity contribution is 7.89. The van der Waals surface area contributed by atoms with Crippen LogP contribution < -0.4 is 9.46 Å². The van der Waals surface area contributed by atoms with Gasteiger partial charge >= 0.3 is 0 Å². The molecule has 1 aromatic carbocycles. The number of benzene rings is 1. The first kappa shape index (κ1) is 23.8. The number of rotatable bonds is 13. The van der Waals surface area contributed by atoms with Crippen LogP contribution in [0.25, 0.3) is 0 Å². The Kier molecular flexibility index (Phi) is 8.96. The normalized spacial score (nSPS) is 25.2.